The third-order valence-electron chi connectivity index (χ3n) is 3.07. The van der Waals surface area contributed by atoms with E-state index in [0.717, 1.165) is 25.2 Å². The Kier molecular flexibility index (Phi) is 4.55. The standard InChI is InChI=1S/C14H17ClN2S/c1-10-7-17(8-11(2)18-10)9-13-4-3-12(6-16)5-14(13)15/h3-5,10-11H,7-9H2,1-2H3. The van der Waals surface area contributed by atoms with Crippen LogP contribution in [0.25, 0.3) is 0 Å². The van der Waals surface area contributed by atoms with Gasteiger partial charge in [-0.3, -0.25) is 4.90 Å². The van der Waals surface area contributed by atoms with E-state index in [2.05, 4.69) is 24.8 Å². The lowest BCUT2D eigenvalue weighted by Crippen LogP contribution is -2.39. The molecule has 1 aliphatic rings. The third kappa shape index (κ3) is 3.41. The molecule has 0 spiro atoms. The van der Waals surface area contributed by atoms with Crippen molar-refractivity contribution in [2.45, 2.75) is 30.9 Å². The molecule has 18 heavy (non-hydrogen) atoms. The molecule has 1 aromatic rings. The van der Waals surface area contributed by atoms with E-state index in [0.29, 0.717) is 21.1 Å². The molecule has 0 N–H and O–H groups in total. The number of hydrogen-bond donors (Lipinski definition) is 0. The highest BCUT2D eigenvalue weighted by atomic mass is 35.5. The molecule has 0 aliphatic carbocycles. The first-order valence-electron chi connectivity index (χ1n) is 6.15. The quantitative estimate of drug-likeness (QED) is 0.829. The van der Waals surface area contributed by atoms with E-state index < -0.39 is 0 Å². The summed E-state index contributed by atoms with van der Waals surface area (Å²) in [5.74, 6) is 0. The van der Waals surface area contributed by atoms with Crippen LogP contribution < -0.4 is 0 Å². The fraction of sp³-hybridized carbons (Fsp3) is 0.500. The molecule has 2 atom stereocenters. The van der Waals surface area contributed by atoms with Gasteiger partial charge < -0.3 is 0 Å². The van der Waals surface area contributed by atoms with Gasteiger partial charge in [0.1, 0.15) is 0 Å². The first-order chi connectivity index (χ1) is 8.58. The summed E-state index contributed by atoms with van der Waals surface area (Å²) in [6.07, 6.45) is 0. The van der Waals surface area contributed by atoms with Crippen molar-refractivity contribution in [2.24, 2.45) is 0 Å². The summed E-state index contributed by atoms with van der Waals surface area (Å²) in [6.45, 7) is 7.62. The van der Waals surface area contributed by atoms with E-state index in [9.17, 15) is 0 Å². The molecule has 4 heteroatoms. The van der Waals surface area contributed by atoms with Crippen molar-refractivity contribution in [1.82, 2.24) is 4.90 Å². The van der Waals surface area contributed by atoms with E-state index in [1.165, 1.54) is 0 Å². The Morgan fingerprint density at radius 3 is 2.61 bits per heavy atom. The number of nitrogens with zero attached hydrogens (tertiary/aromatic N) is 2. The average Bonchev–Trinajstić information content (AvgIpc) is 2.30. The maximum Gasteiger partial charge on any atom is 0.0992 e. The predicted molar refractivity (Wildman–Crippen MR) is 78.0 cm³/mol. The molecule has 2 unspecified atom stereocenters. The van der Waals surface area contributed by atoms with Gasteiger partial charge in [0, 0.05) is 35.2 Å². The number of hydrogen-bond acceptors (Lipinski definition) is 3. The smallest absolute Gasteiger partial charge is 0.0992 e. The molecule has 0 radical (unpaired) electrons. The molecule has 1 aromatic carbocycles. The number of rotatable bonds is 2. The van der Waals surface area contributed by atoms with E-state index in [1.807, 2.05) is 23.9 Å². The summed E-state index contributed by atoms with van der Waals surface area (Å²) in [5.41, 5.74) is 1.74. The molecular weight excluding hydrogens is 264 g/mol. The number of thioether (sulfide) groups is 1. The molecular formula is C14H17ClN2S. The number of halogens is 1. The molecule has 1 aliphatic heterocycles. The normalized spacial score (nSPS) is 24.8. The molecule has 1 fully saturated rings. The highest BCUT2D eigenvalue weighted by Gasteiger charge is 2.22. The summed E-state index contributed by atoms with van der Waals surface area (Å²) in [7, 11) is 0. The molecule has 2 rings (SSSR count). The first-order valence-corrected chi connectivity index (χ1v) is 7.47. The van der Waals surface area contributed by atoms with Gasteiger partial charge >= 0.3 is 0 Å². The van der Waals surface area contributed by atoms with Crippen LogP contribution in [0, 0.1) is 11.3 Å². The predicted octanol–water partition coefficient (Wildman–Crippen LogP) is 3.54. The molecule has 1 heterocycles. The Balaban J connectivity index is 2.07. The van der Waals surface area contributed by atoms with Gasteiger partial charge in [0.25, 0.3) is 0 Å². The molecule has 0 bridgehead atoms. The van der Waals surface area contributed by atoms with Gasteiger partial charge in [-0.2, -0.15) is 17.0 Å². The number of nitriles is 1. The van der Waals surface area contributed by atoms with Crippen LogP contribution in [0.4, 0.5) is 0 Å². The van der Waals surface area contributed by atoms with Crippen LogP contribution in [0.5, 0.6) is 0 Å². The zero-order chi connectivity index (χ0) is 13.1. The minimum absolute atomic E-state index is 0.625. The fourth-order valence-corrected chi connectivity index (χ4v) is 4.03. The zero-order valence-electron chi connectivity index (χ0n) is 10.7. The summed E-state index contributed by atoms with van der Waals surface area (Å²) >= 11 is 8.27. The number of benzene rings is 1. The first kappa shape index (κ1) is 13.7. The van der Waals surface area contributed by atoms with E-state index >= 15 is 0 Å². The monoisotopic (exact) mass is 280 g/mol. The molecule has 0 aromatic heterocycles. The van der Waals surface area contributed by atoms with Crippen LogP contribution in [-0.2, 0) is 6.54 Å². The summed E-state index contributed by atoms with van der Waals surface area (Å²) in [5, 5.41) is 10.9. The molecule has 1 saturated heterocycles. The van der Waals surface area contributed by atoms with Gasteiger partial charge in [-0.25, -0.2) is 0 Å². The second-order valence-corrected chi connectivity index (χ2v) is 7.16. The van der Waals surface area contributed by atoms with Gasteiger partial charge in [0.05, 0.1) is 11.6 Å². The molecule has 0 amide bonds. The van der Waals surface area contributed by atoms with Gasteiger partial charge in [-0.1, -0.05) is 31.5 Å². The van der Waals surface area contributed by atoms with E-state index in [1.54, 1.807) is 6.07 Å². The van der Waals surface area contributed by atoms with Crippen LogP contribution >= 0.6 is 23.4 Å². The second-order valence-electron chi connectivity index (χ2n) is 4.87. The van der Waals surface area contributed by atoms with Crippen molar-refractivity contribution < 1.29 is 0 Å². The minimum atomic E-state index is 0.625. The summed E-state index contributed by atoms with van der Waals surface area (Å²) in [6, 6.07) is 7.67. The van der Waals surface area contributed by atoms with Gasteiger partial charge in [-0.05, 0) is 17.7 Å². The SMILES string of the molecule is CC1CN(Cc2ccc(C#N)cc2Cl)CC(C)S1. The van der Waals surface area contributed by atoms with Gasteiger partial charge in [0.2, 0.25) is 0 Å². The largest absolute Gasteiger partial charge is 0.297 e. The summed E-state index contributed by atoms with van der Waals surface area (Å²) < 4.78 is 0. The Labute approximate surface area is 118 Å². The Morgan fingerprint density at radius 1 is 1.39 bits per heavy atom. The van der Waals surface area contributed by atoms with Crippen molar-refractivity contribution in [1.29, 1.82) is 5.26 Å². The lowest BCUT2D eigenvalue weighted by molar-refractivity contribution is 0.263. The Morgan fingerprint density at radius 2 is 2.06 bits per heavy atom. The molecule has 96 valence electrons. The van der Waals surface area contributed by atoms with Crippen LogP contribution in [0.15, 0.2) is 18.2 Å². The molecule has 2 nitrogen and oxygen atoms in total. The second kappa shape index (κ2) is 5.97. The third-order valence-corrected chi connectivity index (χ3v) is 4.65. The maximum atomic E-state index is 8.82. The lowest BCUT2D eigenvalue weighted by atomic mass is 10.1. The van der Waals surface area contributed by atoms with E-state index in [-0.39, 0.29) is 0 Å². The Hall–Kier alpha value is -0.690. The van der Waals surface area contributed by atoms with Crippen LogP contribution in [-0.4, -0.2) is 28.5 Å². The Bertz CT molecular complexity index is 459. The lowest BCUT2D eigenvalue weighted by Gasteiger charge is -2.34. The fourth-order valence-electron chi connectivity index (χ4n) is 2.40. The van der Waals surface area contributed by atoms with E-state index in [4.69, 9.17) is 16.9 Å². The van der Waals surface area contributed by atoms with Crippen LogP contribution in [0.2, 0.25) is 5.02 Å². The maximum absolute atomic E-state index is 8.82. The van der Waals surface area contributed by atoms with Crippen LogP contribution in [0.1, 0.15) is 25.0 Å². The van der Waals surface area contributed by atoms with Crippen molar-refractivity contribution in [3.8, 4) is 6.07 Å². The van der Waals surface area contributed by atoms with Crippen molar-refractivity contribution in [3.05, 3.63) is 34.3 Å². The minimum Gasteiger partial charge on any atom is -0.297 e. The summed E-state index contributed by atoms with van der Waals surface area (Å²) in [4.78, 5) is 2.44. The van der Waals surface area contributed by atoms with Gasteiger partial charge in [0.15, 0.2) is 0 Å². The van der Waals surface area contributed by atoms with Crippen molar-refractivity contribution in [3.63, 3.8) is 0 Å². The zero-order valence-corrected chi connectivity index (χ0v) is 12.3. The average molecular weight is 281 g/mol. The highest BCUT2D eigenvalue weighted by Crippen LogP contribution is 2.27. The molecule has 0 saturated carbocycles. The van der Waals surface area contributed by atoms with Crippen molar-refractivity contribution in [2.75, 3.05) is 13.1 Å². The highest BCUT2D eigenvalue weighted by molar-refractivity contribution is 8.00. The van der Waals surface area contributed by atoms with Gasteiger partial charge in [-0.15, -0.1) is 0 Å². The van der Waals surface area contributed by atoms with Crippen LogP contribution in [0.3, 0.4) is 0 Å². The van der Waals surface area contributed by atoms with Crippen molar-refractivity contribution >= 4 is 23.4 Å². The topological polar surface area (TPSA) is 27.0 Å².